The molecule has 0 aromatic carbocycles. The van der Waals surface area contributed by atoms with Gasteiger partial charge in [0.05, 0.1) is 0 Å². The van der Waals surface area contributed by atoms with Gasteiger partial charge in [0.1, 0.15) is 22.4 Å². The van der Waals surface area contributed by atoms with E-state index < -0.39 is 0 Å². The summed E-state index contributed by atoms with van der Waals surface area (Å²) < 4.78 is 0.942. The van der Waals surface area contributed by atoms with Crippen LogP contribution in [-0.4, -0.2) is 22.6 Å². The summed E-state index contributed by atoms with van der Waals surface area (Å²) in [5.41, 5.74) is 0.429. The number of halogens is 1. The van der Waals surface area contributed by atoms with Crippen molar-refractivity contribution in [3.8, 4) is 0 Å². The van der Waals surface area contributed by atoms with Crippen LogP contribution < -0.4 is 10.6 Å². The third kappa shape index (κ3) is 4.08. The highest BCUT2D eigenvalue weighted by atomic mass is 79.9. The van der Waals surface area contributed by atoms with Crippen LogP contribution in [0, 0.1) is 5.41 Å². The van der Waals surface area contributed by atoms with Gasteiger partial charge in [0.25, 0.3) is 0 Å². The summed E-state index contributed by atoms with van der Waals surface area (Å²) in [5, 5.41) is 6.90. The van der Waals surface area contributed by atoms with Crippen LogP contribution in [0.5, 0.6) is 0 Å². The summed E-state index contributed by atoms with van der Waals surface area (Å²) in [7, 11) is 0. The Morgan fingerprint density at radius 2 is 2.10 bits per heavy atom. The minimum atomic E-state index is 0.429. The van der Waals surface area contributed by atoms with Gasteiger partial charge in [-0.25, -0.2) is 9.97 Å². The molecule has 0 amide bonds. The summed E-state index contributed by atoms with van der Waals surface area (Å²) >= 11 is 3.62. The Labute approximate surface area is 130 Å². The largest absolute Gasteiger partial charge is 0.369 e. The fourth-order valence-corrected chi connectivity index (χ4v) is 3.31. The van der Waals surface area contributed by atoms with E-state index in [0.717, 1.165) is 29.1 Å². The number of anilines is 2. The van der Waals surface area contributed by atoms with Gasteiger partial charge in [-0.15, -0.1) is 0 Å². The van der Waals surface area contributed by atoms with Crippen LogP contribution in [0.4, 0.5) is 11.6 Å². The zero-order chi connectivity index (χ0) is 14.6. The summed E-state index contributed by atoms with van der Waals surface area (Å²) in [6.45, 7) is 7.77. The number of nitrogens with zero attached hydrogens (tertiary/aromatic N) is 2. The van der Waals surface area contributed by atoms with Crippen LogP contribution in [0.1, 0.15) is 52.9 Å². The van der Waals surface area contributed by atoms with Crippen LogP contribution >= 0.6 is 15.9 Å². The van der Waals surface area contributed by atoms with Gasteiger partial charge in [-0.3, -0.25) is 0 Å². The zero-order valence-electron chi connectivity index (χ0n) is 12.7. The van der Waals surface area contributed by atoms with Gasteiger partial charge >= 0.3 is 0 Å². The number of hydrogen-bond acceptors (Lipinski definition) is 4. The number of rotatable bonds is 5. The molecular formula is C15H25BrN4. The average molecular weight is 341 g/mol. The minimum absolute atomic E-state index is 0.429. The molecule has 1 fully saturated rings. The standard InChI is InChI=1S/C15H25BrN4/c1-4-8-17-13-12(16)14(19-10-18-13)20-11-6-5-7-15(2,3)9-11/h10-11H,4-9H2,1-3H3,(H2,17,18,19,20). The fraction of sp³-hybridized carbons (Fsp3) is 0.733. The highest BCUT2D eigenvalue weighted by molar-refractivity contribution is 9.10. The summed E-state index contributed by atoms with van der Waals surface area (Å²) in [6, 6.07) is 0.504. The Hall–Kier alpha value is -0.840. The molecule has 0 saturated heterocycles. The molecule has 0 aliphatic heterocycles. The average Bonchev–Trinajstić information content (AvgIpc) is 2.39. The molecule has 1 saturated carbocycles. The van der Waals surface area contributed by atoms with E-state index in [9.17, 15) is 0 Å². The molecule has 0 bridgehead atoms. The first-order valence-electron chi connectivity index (χ1n) is 7.53. The van der Waals surface area contributed by atoms with Crippen LogP contribution in [0.3, 0.4) is 0 Å². The second kappa shape index (κ2) is 6.74. The second-order valence-corrected chi connectivity index (χ2v) is 7.21. The molecule has 1 aliphatic rings. The molecule has 2 rings (SSSR count). The summed E-state index contributed by atoms with van der Waals surface area (Å²) in [4.78, 5) is 8.67. The Morgan fingerprint density at radius 1 is 1.35 bits per heavy atom. The monoisotopic (exact) mass is 340 g/mol. The van der Waals surface area contributed by atoms with E-state index in [1.807, 2.05) is 0 Å². The molecule has 1 aromatic heterocycles. The predicted octanol–water partition coefficient (Wildman–Crippen LogP) is 4.44. The Balaban J connectivity index is 2.05. The molecule has 1 aromatic rings. The summed E-state index contributed by atoms with van der Waals surface area (Å²) in [5.74, 6) is 1.78. The zero-order valence-corrected chi connectivity index (χ0v) is 14.3. The Kier molecular flexibility index (Phi) is 5.24. The van der Waals surface area contributed by atoms with Crippen LogP contribution in [0.15, 0.2) is 10.8 Å². The van der Waals surface area contributed by atoms with E-state index in [1.54, 1.807) is 6.33 Å². The summed E-state index contributed by atoms with van der Waals surface area (Å²) in [6.07, 6.45) is 7.72. The highest BCUT2D eigenvalue weighted by Crippen LogP contribution is 2.37. The molecule has 1 atom stereocenters. The van der Waals surface area contributed by atoms with Crippen LogP contribution in [0.25, 0.3) is 0 Å². The molecule has 20 heavy (non-hydrogen) atoms. The molecule has 112 valence electrons. The van der Waals surface area contributed by atoms with Crippen molar-refractivity contribution in [1.82, 2.24) is 9.97 Å². The van der Waals surface area contributed by atoms with Crippen LogP contribution in [-0.2, 0) is 0 Å². The van der Waals surface area contributed by atoms with E-state index in [0.29, 0.717) is 11.5 Å². The molecule has 0 spiro atoms. The first kappa shape index (κ1) is 15.5. The topological polar surface area (TPSA) is 49.8 Å². The van der Waals surface area contributed by atoms with Crippen LogP contribution in [0.2, 0.25) is 0 Å². The lowest BCUT2D eigenvalue weighted by Crippen LogP contribution is -2.32. The van der Waals surface area contributed by atoms with Crippen molar-refractivity contribution in [2.45, 2.75) is 58.9 Å². The maximum Gasteiger partial charge on any atom is 0.146 e. The molecule has 1 heterocycles. The normalized spacial score (nSPS) is 21.5. The molecule has 4 nitrogen and oxygen atoms in total. The second-order valence-electron chi connectivity index (χ2n) is 6.41. The van der Waals surface area contributed by atoms with Gasteiger partial charge in [0.2, 0.25) is 0 Å². The molecule has 0 radical (unpaired) electrons. The van der Waals surface area contributed by atoms with Crippen molar-refractivity contribution >= 4 is 27.6 Å². The Bertz CT molecular complexity index is 447. The van der Waals surface area contributed by atoms with E-state index >= 15 is 0 Å². The first-order chi connectivity index (χ1) is 9.52. The quantitative estimate of drug-likeness (QED) is 0.831. The third-order valence-electron chi connectivity index (χ3n) is 3.88. The van der Waals surface area contributed by atoms with Crippen molar-refractivity contribution in [2.24, 2.45) is 5.41 Å². The van der Waals surface area contributed by atoms with Crippen molar-refractivity contribution < 1.29 is 0 Å². The molecule has 5 heteroatoms. The lowest BCUT2D eigenvalue weighted by molar-refractivity contribution is 0.229. The minimum Gasteiger partial charge on any atom is -0.369 e. The van der Waals surface area contributed by atoms with Gasteiger partial charge in [-0.2, -0.15) is 0 Å². The Morgan fingerprint density at radius 3 is 2.80 bits per heavy atom. The third-order valence-corrected chi connectivity index (χ3v) is 4.63. The molecule has 1 aliphatic carbocycles. The lowest BCUT2D eigenvalue weighted by atomic mass is 9.75. The molecule has 1 unspecified atom stereocenters. The van der Waals surface area contributed by atoms with Gasteiger partial charge in [0.15, 0.2) is 0 Å². The van der Waals surface area contributed by atoms with Gasteiger partial charge < -0.3 is 10.6 Å². The fourth-order valence-electron chi connectivity index (χ4n) is 2.85. The van der Waals surface area contributed by atoms with Gasteiger partial charge in [-0.1, -0.05) is 27.2 Å². The first-order valence-corrected chi connectivity index (χ1v) is 8.32. The van der Waals surface area contributed by atoms with E-state index in [1.165, 1.54) is 25.7 Å². The molecular weight excluding hydrogens is 316 g/mol. The van der Waals surface area contributed by atoms with E-state index in [2.05, 4.69) is 57.3 Å². The smallest absolute Gasteiger partial charge is 0.146 e. The maximum absolute atomic E-state index is 4.38. The van der Waals surface area contributed by atoms with Crippen molar-refractivity contribution in [1.29, 1.82) is 0 Å². The van der Waals surface area contributed by atoms with Crippen molar-refractivity contribution in [3.63, 3.8) is 0 Å². The SMILES string of the molecule is CCCNc1ncnc(NC2CCCC(C)(C)C2)c1Br. The highest BCUT2D eigenvalue weighted by Gasteiger charge is 2.28. The molecule has 2 N–H and O–H groups in total. The lowest BCUT2D eigenvalue weighted by Gasteiger charge is -2.35. The van der Waals surface area contributed by atoms with Crippen molar-refractivity contribution in [3.05, 3.63) is 10.8 Å². The number of nitrogens with one attached hydrogen (secondary N) is 2. The predicted molar refractivity (Wildman–Crippen MR) is 88.2 cm³/mol. The van der Waals surface area contributed by atoms with E-state index in [-0.39, 0.29) is 0 Å². The maximum atomic E-state index is 4.38. The van der Waals surface area contributed by atoms with Crippen molar-refractivity contribution in [2.75, 3.05) is 17.2 Å². The van der Waals surface area contributed by atoms with E-state index in [4.69, 9.17) is 0 Å². The number of hydrogen-bond donors (Lipinski definition) is 2. The number of aromatic nitrogens is 2. The van der Waals surface area contributed by atoms with Gasteiger partial charge in [-0.05, 0) is 47.0 Å². The van der Waals surface area contributed by atoms with Gasteiger partial charge in [0, 0.05) is 12.6 Å².